The predicted molar refractivity (Wildman–Crippen MR) is 79.7 cm³/mol. The van der Waals surface area contributed by atoms with Crippen LogP contribution in [0.25, 0.3) is 0 Å². The summed E-state index contributed by atoms with van der Waals surface area (Å²) in [5, 5.41) is 12.2. The summed E-state index contributed by atoms with van der Waals surface area (Å²) in [5.41, 5.74) is 0.221. The molecule has 0 aliphatic carbocycles. The fraction of sp³-hybridized carbons (Fsp3) is 0.467. The number of carboxylic acid groups (broad SMARTS) is 1. The highest BCUT2D eigenvalue weighted by Gasteiger charge is 2.41. The number of benzene rings is 1. The molecule has 4 atom stereocenters. The molecule has 1 amide bonds. The highest BCUT2D eigenvalue weighted by molar-refractivity contribution is 6.31. The van der Waals surface area contributed by atoms with Gasteiger partial charge in [0.05, 0.1) is 29.4 Å². The number of halogens is 1. The Labute approximate surface area is 128 Å². The number of carboxylic acids is 1. The van der Waals surface area contributed by atoms with E-state index in [1.807, 2.05) is 20.8 Å². The molecule has 1 aliphatic heterocycles. The minimum atomic E-state index is -1.13. The molecule has 1 aromatic rings. The van der Waals surface area contributed by atoms with Crippen molar-refractivity contribution in [3.63, 3.8) is 0 Å². The zero-order valence-corrected chi connectivity index (χ0v) is 12.8. The molecule has 0 saturated carbocycles. The zero-order valence-electron chi connectivity index (χ0n) is 12.1. The highest BCUT2D eigenvalue weighted by atomic mass is 35.5. The van der Waals surface area contributed by atoms with Crippen LogP contribution in [0.5, 0.6) is 0 Å². The molecule has 1 aromatic carbocycles. The first-order chi connectivity index (χ1) is 9.81. The summed E-state index contributed by atoms with van der Waals surface area (Å²) in [6.45, 7) is 5.74. The molecular weight excluding hydrogens is 294 g/mol. The molecule has 5 nitrogen and oxygen atoms in total. The summed E-state index contributed by atoms with van der Waals surface area (Å²) in [6.07, 6.45) is -0.199. The summed E-state index contributed by atoms with van der Waals surface area (Å²) in [6, 6.07) is 4.36. The second-order valence-corrected chi connectivity index (χ2v) is 5.85. The Kier molecular flexibility index (Phi) is 4.54. The number of anilines is 1. The smallest absolute Gasteiger partial charge is 0.337 e. The van der Waals surface area contributed by atoms with E-state index in [0.29, 0.717) is 5.02 Å². The molecule has 0 aromatic heterocycles. The number of hydrogen-bond acceptors (Lipinski definition) is 3. The molecule has 1 heterocycles. The minimum Gasteiger partial charge on any atom is -0.478 e. The van der Waals surface area contributed by atoms with Crippen molar-refractivity contribution in [3.05, 3.63) is 28.8 Å². The largest absolute Gasteiger partial charge is 0.478 e. The lowest BCUT2D eigenvalue weighted by molar-refractivity contribution is -0.121. The van der Waals surface area contributed by atoms with Gasteiger partial charge in [-0.3, -0.25) is 4.79 Å². The zero-order chi connectivity index (χ0) is 15.7. The van der Waals surface area contributed by atoms with Crippen LogP contribution in [0.3, 0.4) is 0 Å². The van der Waals surface area contributed by atoms with Crippen LogP contribution in [-0.4, -0.2) is 29.2 Å². The average molecular weight is 312 g/mol. The van der Waals surface area contributed by atoms with Gasteiger partial charge < -0.3 is 15.2 Å². The van der Waals surface area contributed by atoms with E-state index in [4.69, 9.17) is 16.3 Å². The summed E-state index contributed by atoms with van der Waals surface area (Å²) in [7, 11) is 0. The SMILES string of the molecule is CC1OC(C)C(C(=O)Nc2ccc(Cl)cc2C(=O)O)C1C. The monoisotopic (exact) mass is 311 g/mol. The van der Waals surface area contributed by atoms with Crippen molar-refractivity contribution in [2.24, 2.45) is 11.8 Å². The number of amides is 1. The molecule has 2 rings (SSSR count). The van der Waals surface area contributed by atoms with E-state index in [9.17, 15) is 14.7 Å². The van der Waals surface area contributed by atoms with Crippen LogP contribution in [-0.2, 0) is 9.53 Å². The van der Waals surface area contributed by atoms with Gasteiger partial charge in [-0.2, -0.15) is 0 Å². The van der Waals surface area contributed by atoms with E-state index in [1.165, 1.54) is 12.1 Å². The van der Waals surface area contributed by atoms with E-state index < -0.39 is 5.97 Å². The number of rotatable bonds is 3. The van der Waals surface area contributed by atoms with Crippen LogP contribution in [0.4, 0.5) is 5.69 Å². The Bertz CT molecular complexity index is 575. The Morgan fingerprint density at radius 1 is 1.24 bits per heavy atom. The maximum Gasteiger partial charge on any atom is 0.337 e. The Morgan fingerprint density at radius 2 is 1.90 bits per heavy atom. The van der Waals surface area contributed by atoms with Gasteiger partial charge in [-0.05, 0) is 38.0 Å². The van der Waals surface area contributed by atoms with Crippen molar-refractivity contribution in [2.45, 2.75) is 33.0 Å². The Morgan fingerprint density at radius 3 is 2.43 bits per heavy atom. The van der Waals surface area contributed by atoms with Gasteiger partial charge in [0, 0.05) is 5.02 Å². The number of aromatic carboxylic acids is 1. The maximum absolute atomic E-state index is 12.4. The van der Waals surface area contributed by atoms with Crippen molar-refractivity contribution in [1.29, 1.82) is 0 Å². The van der Waals surface area contributed by atoms with Gasteiger partial charge in [0.1, 0.15) is 0 Å². The standard InChI is InChI=1S/C15H18ClNO4/c1-7-8(2)21-9(3)13(7)14(18)17-12-5-4-10(16)6-11(12)15(19)20/h4-9,13H,1-3H3,(H,17,18)(H,19,20). The van der Waals surface area contributed by atoms with Crippen LogP contribution in [0.15, 0.2) is 18.2 Å². The van der Waals surface area contributed by atoms with Crippen molar-refractivity contribution < 1.29 is 19.4 Å². The van der Waals surface area contributed by atoms with Crippen LogP contribution in [0, 0.1) is 11.8 Å². The first-order valence-corrected chi connectivity index (χ1v) is 7.18. The first-order valence-electron chi connectivity index (χ1n) is 6.80. The van der Waals surface area contributed by atoms with Crippen LogP contribution >= 0.6 is 11.6 Å². The van der Waals surface area contributed by atoms with E-state index >= 15 is 0 Å². The predicted octanol–water partition coefficient (Wildman–Crippen LogP) is 3.04. The minimum absolute atomic E-state index is 0.0000815. The number of hydrogen-bond donors (Lipinski definition) is 2. The highest BCUT2D eigenvalue weighted by Crippen LogP contribution is 2.33. The lowest BCUT2D eigenvalue weighted by Crippen LogP contribution is -2.32. The molecular formula is C15H18ClNO4. The van der Waals surface area contributed by atoms with E-state index in [-0.39, 0.29) is 41.2 Å². The molecule has 0 bridgehead atoms. The molecule has 1 fully saturated rings. The first kappa shape index (κ1) is 15.8. The summed E-state index contributed by atoms with van der Waals surface area (Å²) < 4.78 is 5.64. The van der Waals surface area contributed by atoms with Crippen molar-refractivity contribution in [1.82, 2.24) is 0 Å². The van der Waals surface area contributed by atoms with E-state index in [0.717, 1.165) is 0 Å². The third-order valence-corrected chi connectivity index (χ3v) is 4.25. The molecule has 4 unspecified atom stereocenters. The van der Waals surface area contributed by atoms with Crippen LogP contribution in [0.1, 0.15) is 31.1 Å². The molecule has 0 spiro atoms. The number of nitrogens with one attached hydrogen (secondary N) is 1. The van der Waals surface area contributed by atoms with Crippen LogP contribution in [0.2, 0.25) is 5.02 Å². The van der Waals surface area contributed by atoms with E-state index in [2.05, 4.69) is 5.32 Å². The van der Waals surface area contributed by atoms with Gasteiger partial charge in [-0.1, -0.05) is 18.5 Å². The second kappa shape index (κ2) is 6.03. The third-order valence-electron chi connectivity index (χ3n) is 4.01. The molecule has 1 aliphatic rings. The lowest BCUT2D eigenvalue weighted by atomic mass is 9.88. The number of ether oxygens (including phenoxy) is 1. The summed E-state index contributed by atoms with van der Waals surface area (Å²) >= 11 is 5.79. The average Bonchev–Trinajstić information content (AvgIpc) is 2.65. The molecule has 114 valence electrons. The fourth-order valence-electron chi connectivity index (χ4n) is 2.74. The summed E-state index contributed by atoms with van der Waals surface area (Å²) in [4.78, 5) is 23.6. The van der Waals surface area contributed by atoms with Crippen molar-refractivity contribution >= 4 is 29.2 Å². The van der Waals surface area contributed by atoms with Gasteiger partial charge in [0.2, 0.25) is 5.91 Å². The quantitative estimate of drug-likeness (QED) is 0.899. The normalized spacial score (nSPS) is 28.4. The lowest BCUT2D eigenvalue weighted by Gasteiger charge is -2.18. The molecule has 6 heteroatoms. The van der Waals surface area contributed by atoms with Crippen molar-refractivity contribution in [2.75, 3.05) is 5.32 Å². The second-order valence-electron chi connectivity index (χ2n) is 5.42. The summed E-state index contributed by atoms with van der Waals surface area (Å²) in [5.74, 6) is -1.60. The Balaban J connectivity index is 2.22. The number of carbonyl (C=O) groups is 2. The molecule has 0 radical (unpaired) electrons. The number of carbonyl (C=O) groups excluding carboxylic acids is 1. The van der Waals surface area contributed by atoms with Gasteiger partial charge in [-0.25, -0.2) is 4.79 Å². The third kappa shape index (κ3) is 3.19. The van der Waals surface area contributed by atoms with E-state index in [1.54, 1.807) is 6.07 Å². The van der Waals surface area contributed by atoms with Crippen LogP contribution < -0.4 is 5.32 Å². The fourth-order valence-corrected chi connectivity index (χ4v) is 2.91. The maximum atomic E-state index is 12.4. The van der Waals surface area contributed by atoms with Gasteiger partial charge in [-0.15, -0.1) is 0 Å². The van der Waals surface area contributed by atoms with Crippen molar-refractivity contribution in [3.8, 4) is 0 Å². The molecule has 1 saturated heterocycles. The van der Waals surface area contributed by atoms with Gasteiger partial charge in [0.25, 0.3) is 0 Å². The molecule has 2 N–H and O–H groups in total. The van der Waals surface area contributed by atoms with Gasteiger partial charge in [0.15, 0.2) is 0 Å². The molecule has 21 heavy (non-hydrogen) atoms. The topological polar surface area (TPSA) is 75.6 Å². The van der Waals surface area contributed by atoms with Gasteiger partial charge >= 0.3 is 5.97 Å². The Hall–Kier alpha value is -1.59.